The summed E-state index contributed by atoms with van der Waals surface area (Å²) in [5, 5.41) is 19.7. The minimum Gasteiger partial charge on any atom is -0.388 e. The van der Waals surface area contributed by atoms with Gasteiger partial charge in [-0.2, -0.15) is 4.39 Å². The third kappa shape index (κ3) is 1.14. The molecule has 2 rings (SSSR count). The van der Waals surface area contributed by atoms with Crippen LogP contribution < -0.4 is 0 Å². The van der Waals surface area contributed by atoms with Gasteiger partial charge in [-0.1, -0.05) is 6.92 Å². The molecular weight excluding hydrogens is 185 g/mol. The molecule has 0 fully saturated rings. The highest BCUT2D eigenvalue weighted by atomic mass is 19.1. The van der Waals surface area contributed by atoms with Gasteiger partial charge in [0.15, 0.2) is 0 Å². The monoisotopic (exact) mass is 197 g/mol. The molecule has 14 heavy (non-hydrogen) atoms. The zero-order valence-electron chi connectivity index (χ0n) is 7.87. The maximum absolute atomic E-state index is 13.2. The molecule has 76 valence electrons. The fourth-order valence-electron chi connectivity index (χ4n) is 2.04. The summed E-state index contributed by atoms with van der Waals surface area (Å²) in [6.45, 7) is 1.81. The molecule has 1 aliphatic rings. The number of aliphatic hydroxyl groups is 2. The lowest BCUT2D eigenvalue weighted by Crippen LogP contribution is -2.21. The molecule has 0 bridgehead atoms. The molecular formula is C10H12FNO2. The Morgan fingerprint density at radius 2 is 2.43 bits per heavy atom. The van der Waals surface area contributed by atoms with Gasteiger partial charge >= 0.3 is 0 Å². The van der Waals surface area contributed by atoms with Gasteiger partial charge in [-0.05, 0) is 18.1 Å². The standard InChI is InChI=1S/C10H12FNO2/c1-2-10(14)5-7(13)8-6(10)3-4-12-9(8)11/h3-4,7,13-14H,2,5H2,1H3/t7-,10+/m1/s1. The number of aliphatic hydroxyl groups excluding tert-OH is 1. The van der Waals surface area contributed by atoms with E-state index in [1.165, 1.54) is 6.20 Å². The van der Waals surface area contributed by atoms with Crippen molar-refractivity contribution in [2.75, 3.05) is 0 Å². The van der Waals surface area contributed by atoms with Crippen LogP contribution in [0.3, 0.4) is 0 Å². The average Bonchev–Trinajstić information content (AvgIpc) is 2.41. The van der Waals surface area contributed by atoms with Crippen molar-refractivity contribution < 1.29 is 14.6 Å². The molecule has 0 aromatic carbocycles. The van der Waals surface area contributed by atoms with Crippen LogP contribution in [-0.4, -0.2) is 15.2 Å². The molecule has 1 aliphatic carbocycles. The van der Waals surface area contributed by atoms with Gasteiger partial charge in [0.25, 0.3) is 0 Å². The molecule has 0 saturated carbocycles. The Morgan fingerprint density at radius 1 is 1.71 bits per heavy atom. The second-order valence-electron chi connectivity index (χ2n) is 3.67. The van der Waals surface area contributed by atoms with Gasteiger partial charge in [-0.15, -0.1) is 0 Å². The van der Waals surface area contributed by atoms with Crippen LogP contribution in [0.2, 0.25) is 0 Å². The summed E-state index contributed by atoms with van der Waals surface area (Å²) in [4.78, 5) is 3.46. The smallest absolute Gasteiger partial charge is 0.219 e. The van der Waals surface area contributed by atoms with Crippen molar-refractivity contribution in [1.82, 2.24) is 4.98 Å². The highest BCUT2D eigenvalue weighted by Gasteiger charge is 2.42. The van der Waals surface area contributed by atoms with Crippen molar-refractivity contribution in [2.24, 2.45) is 0 Å². The molecule has 0 saturated heterocycles. The first-order chi connectivity index (χ1) is 6.58. The number of nitrogens with zero attached hydrogens (tertiary/aromatic N) is 1. The van der Waals surface area contributed by atoms with E-state index in [4.69, 9.17) is 0 Å². The lowest BCUT2D eigenvalue weighted by molar-refractivity contribution is 0.00277. The Balaban J connectivity index is 2.60. The number of fused-ring (bicyclic) bond motifs is 1. The van der Waals surface area contributed by atoms with E-state index < -0.39 is 17.7 Å². The summed E-state index contributed by atoms with van der Waals surface area (Å²) in [5.41, 5.74) is -0.477. The Morgan fingerprint density at radius 3 is 3.07 bits per heavy atom. The minimum absolute atomic E-state index is 0.150. The predicted molar refractivity (Wildman–Crippen MR) is 48.0 cm³/mol. The molecule has 1 aromatic rings. The summed E-state index contributed by atoms with van der Waals surface area (Å²) in [6.07, 6.45) is 0.984. The third-order valence-electron chi connectivity index (χ3n) is 2.89. The second kappa shape index (κ2) is 3.00. The van der Waals surface area contributed by atoms with Crippen LogP contribution in [0, 0.1) is 5.95 Å². The maximum Gasteiger partial charge on any atom is 0.219 e. The van der Waals surface area contributed by atoms with Crippen LogP contribution in [0.1, 0.15) is 37.0 Å². The van der Waals surface area contributed by atoms with Crippen molar-refractivity contribution in [3.63, 3.8) is 0 Å². The van der Waals surface area contributed by atoms with Gasteiger partial charge in [-0.3, -0.25) is 0 Å². The van der Waals surface area contributed by atoms with Crippen molar-refractivity contribution in [3.8, 4) is 0 Å². The number of hydrogen-bond acceptors (Lipinski definition) is 3. The number of pyridine rings is 1. The van der Waals surface area contributed by atoms with E-state index in [2.05, 4.69) is 4.98 Å². The lowest BCUT2D eigenvalue weighted by atomic mass is 9.94. The predicted octanol–water partition coefficient (Wildman–Crippen LogP) is 1.26. The fourth-order valence-corrected chi connectivity index (χ4v) is 2.04. The molecule has 0 amide bonds. The van der Waals surface area contributed by atoms with Gasteiger partial charge in [0.1, 0.15) is 0 Å². The van der Waals surface area contributed by atoms with E-state index in [1.54, 1.807) is 13.0 Å². The average molecular weight is 197 g/mol. The number of hydrogen-bond donors (Lipinski definition) is 2. The fraction of sp³-hybridized carbons (Fsp3) is 0.500. The van der Waals surface area contributed by atoms with Crippen LogP contribution in [0.4, 0.5) is 4.39 Å². The van der Waals surface area contributed by atoms with Crippen LogP contribution in [-0.2, 0) is 5.60 Å². The van der Waals surface area contributed by atoms with Crippen molar-refractivity contribution >= 4 is 0 Å². The van der Waals surface area contributed by atoms with E-state index in [0.29, 0.717) is 12.0 Å². The molecule has 2 N–H and O–H groups in total. The van der Waals surface area contributed by atoms with Crippen LogP contribution in [0.15, 0.2) is 12.3 Å². The summed E-state index contributed by atoms with van der Waals surface area (Å²) < 4.78 is 13.2. The summed E-state index contributed by atoms with van der Waals surface area (Å²) in [6, 6.07) is 1.57. The second-order valence-corrected chi connectivity index (χ2v) is 3.67. The van der Waals surface area contributed by atoms with Gasteiger partial charge in [0.05, 0.1) is 11.7 Å². The summed E-state index contributed by atoms with van der Waals surface area (Å²) in [7, 11) is 0. The van der Waals surface area contributed by atoms with Crippen molar-refractivity contribution in [1.29, 1.82) is 0 Å². The summed E-state index contributed by atoms with van der Waals surface area (Å²) >= 11 is 0. The molecule has 0 unspecified atom stereocenters. The zero-order valence-corrected chi connectivity index (χ0v) is 7.87. The lowest BCUT2D eigenvalue weighted by Gasteiger charge is -2.21. The van der Waals surface area contributed by atoms with E-state index >= 15 is 0 Å². The first kappa shape index (κ1) is 9.55. The SMILES string of the molecule is CC[C@]1(O)C[C@@H](O)c2c1ccnc2F. The van der Waals surface area contributed by atoms with Crippen LogP contribution in [0.5, 0.6) is 0 Å². The molecule has 4 heteroatoms. The summed E-state index contributed by atoms with van der Waals surface area (Å²) in [5.74, 6) is -0.681. The third-order valence-corrected chi connectivity index (χ3v) is 2.89. The first-order valence-electron chi connectivity index (χ1n) is 4.64. The molecule has 1 aromatic heterocycles. The largest absolute Gasteiger partial charge is 0.388 e. The Bertz CT molecular complexity index is 369. The maximum atomic E-state index is 13.2. The quantitative estimate of drug-likeness (QED) is 0.666. The Hall–Kier alpha value is -1.00. The Labute approximate surface area is 81.2 Å². The number of rotatable bonds is 1. The number of halogens is 1. The zero-order chi connectivity index (χ0) is 10.3. The Kier molecular flexibility index (Phi) is 2.05. The molecule has 0 spiro atoms. The molecule has 0 radical (unpaired) electrons. The normalized spacial score (nSPS) is 30.4. The molecule has 2 atom stereocenters. The van der Waals surface area contributed by atoms with Crippen LogP contribution >= 0.6 is 0 Å². The number of aromatic nitrogens is 1. The van der Waals surface area contributed by atoms with E-state index in [-0.39, 0.29) is 12.0 Å². The van der Waals surface area contributed by atoms with Gasteiger partial charge in [0, 0.05) is 18.2 Å². The van der Waals surface area contributed by atoms with E-state index in [0.717, 1.165) is 0 Å². The molecule has 0 aliphatic heterocycles. The van der Waals surface area contributed by atoms with Crippen molar-refractivity contribution in [2.45, 2.75) is 31.5 Å². The first-order valence-corrected chi connectivity index (χ1v) is 4.64. The molecule has 3 nitrogen and oxygen atoms in total. The van der Waals surface area contributed by atoms with Crippen molar-refractivity contribution in [3.05, 3.63) is 29.3 Å². The molecule has 1 heterocycles. The highest BCUT2D eigenvalue weighted by Crippen LogP contribution is 2.45. The van der Waals surface area contributed by atoms with Gasteiger partial charge in [0.2, 0.25) is 5.95 Å². The highest BCUT2D eigenvalue weighted by molar-refractivity contribution is 5.37. The van der Waals surface area contributed by atoms with E-state index in [9.17, 15) is 14.6 Å². The minimum atomic E-state index is -1.10. The van der Waals surface area contributed by atoms with Crippen LogP contribution in [0.25, 0.3) is 0 Å². The van der Waals surface area contributed by atoms with Gasteiger partial charge < -0.3 is 10.2 Å². The van der Waals surface area contributed by atoms with Gasteiger partial charge in [-0.25, -0.2) is 4.98 Å². The topological polar surface area (TPSA) is 53.4 Å². The van der Waals surface area contributed by atoms with E-state index in [1.807, 2.05) is 0 Å².